The van der Waals surface area contributed by atoms with Gasteiger partial charge < -0.3 is 14.8 Å². The number of hydrogen-bond donors (Lipinski definition) is 2. The van der Waals surface area contributed by atoms with Crippen molar-refractivity contribution < 1.29 is 22.7 Å². The van der Waals surface area contributed by atoms with Gasteiger partial charge in [0.05, 0.1) is 29.1 Å². The number of ether oxygens (including phenoxy) is 2. The molecule has 32 heavy (non-hydrogen) atoms. The van der Waals surface area contributed by atoms with Gasteiger partial charge in [-0.25, -0.2) is 8.42 Å². The minimum Gasteiger partial charge on any atom is -0.497 e. The minimum absolute atomic E-state index is 0.0585. The third-order valence-corrected chi connectivity index (χ3v) is 6.19. The standard InChI is InChI=1S/C23H23ClN2O5S/c1-16-4-3-5-17(14-16)26-32(28,29)20-10-11-22(24)21(15-20)23(27)25-12-13-31-19-8-6-18(30-2)7-9-19/h3-11,14-15,26H,12-13H2,1-2H3,(H,25,27). The van der Waals surface area contributed by atoms with Gasteiger partial charge >= 0.3 is 0 Å². The van der Waals surface area contributed by atoms with Crippen molar-refractivity contribution in [1.29, 1.82) is 0 Å². The number of carbonyl (C=O) groups is 1. The van der Waals surface area contributed by atoms with Crippen LogP contribution in [0.2, 0.25) is 5.02 Å². The Morgan fingerprint density at radius 2 is 1.72 bits per heavy atom. The molecule has 0 spiro atoms. The number of anilines is 1. The number of benzene rings is 3. The molecule has 0 heterocycles. The number of aryl methyl sites for hydroxylation is 1. The zero-order valence-electron chi connectivity index (χ0n) is 17.6. The normalized spacial score (nSPS) is 11.0. The van der Waals surface area contributed by atoms with Gasteiger partial charge in [-0.2, -0.15) is 0 Å². The first-order valence-electron chi connectivity index (χ1n) is 9.72. The number of carbonyl (C=O) groups excluding carboxylic acids is 1. The molecule has 7 nitrogen and oxygen atoms in total. The maximum absolute atomic E-state index is 12.7. The maximum Gasteiger partial charge on any atom is 0.261 e. The molecule has 0 aliphatic heterocycles. The predicted molar refractivity (Wildman–Crippen MR) is 124 cm³/mol. The van der Waals surface area contributed by atoms with E-state index >= 15 is 0 Å². The molecule has 0 aromatic heterocycles. The maximum atomic E-state index is 12.7. The average Bonchev–Trinajstić information content (AvgIpc) is 2.77. The lowest BCUT2D eigenvalue weighted by Gasteiger charge is -2.12. The summed E-state index contributed by atoms with van der Waals surface area (Å²) in [6.45, 7) is 2.29. The van der Waals surface area contributed by atoms with Crippen LogP contribution in [-0.4, -0.2) is 34.6 Å². The first kappa shape index (κ1) is 23.4. The molecule has 0 radical (unpaired) electrons. The van der Waals surface area contributed by atoms with Gasteiger partial charge in [-0.3, -0.25) is 9.52 Å². The molecule has 3 aromatic carbocycles. The highest BCUT2D eigenvalue weighted by atomic mass is 35.5. The number of rotatable bonds is 9. The Labute approximate surface area is 192 Å². The van der Waals surface area contributed by atoms with Crippen LogP contribution in [0.25, 0.3) is 0 Å². The van der Waals surface area contributed by atoms with E-state index in [1.807, 2.05) is 13.0 Å². The molecule has 2 N–H and O–H groups in total. The van der Waals surface area contributed by atoms with Gasteiger partial charge in [0.15, 0.2) is 0 Å². The number of amides is 1. The lowest BCUT2D eigenvalue weighted by molar-refractivity contribution is 0.0947. The Balaban J connectivity index is 1.63. The monoisotopic (exact) mass is 474 g/mol. The Morgan fingerprint density at radius 1 is 1.00 bits per heavy atom. The number of nitrogens with one attached hydrogen (secondary N) is 2. The molecule has 3 aromatic rings. The van der Waals surface area contributed by atoms with E-state index in [0.717, 1.165) is 5.56 Å². The van der Waals surface area contributed by atoms with Crippen molar-refractivity contribution in [1.82, 2.24) is 5.32 Å². The van der Waals surface area contributed by atoms with Crippen LogP contribution in [0.5, 0.6) is 11.5 Å². The summed E-state index contributed by atoms with van der Waals surface area (Å²) in [5.74, 6) is 0.848. The van der Waals surface area contributed by atoms with Crippen molar-refractivity contribution >= 4 is 33.2 Å². The van der Waals surface area contributed by atoms with Gasteiger partial charge in [0, 0.05) is 5.69 Å². The summed E-state index contributed by atoms with van der Waals surface area (Å²) >= 11 is 6.14. The summed E-state index contributed by atoms with van der Waals surface area (Å²) in [4.78, 5) is 12.5. The second kappa shape index (κ2) is 10.4. The third kappa shape index (κ3) is 6.15. The zero-order valence-corrected chi connectivity index (χ0v) is 19.2. The summed E-state index contributed by atoms with van der Waals surface area (Å²) in [7, 11) is -2.31. The van der Waals surface area contributed by atoms with E-state index in [-0.39, 0.29) is 28.6 Å². The smallest absolute Gasteiger partial charge is 0.261 e. The third-order valence-electron chi connectivity index (χ3n) is 4.48. The Bertz CT molecular complexity index is 1200. The summed E-state index contributed by atoms with van der Waals surface area (Å²) in [6.07, 6.45) is 0. The quantitative estimate of drug-likeness (QED) is 0.452. The lowest BCUT2D eigenvalue weighted by atomic mass is 10.2. The molecule has 3 rings (SSSR count). The highest BCUT2D eigenvalue weighted by Gasteiger charge is 2.19. The first-order chi connectivity index (χ1) is 15.3. The summed E-state index contributed by atoms with van der Waals surface area (Å²) in [5.41, 5.74) is 1.41. The Hall–Kier alpha value is -3.23. The van der Waals surface area contributed by atoms with Crippen LogP contribution in [0.15, 0.2) is 71.6 Å². The Kier molecular flexibility index (Phi) is 7.61. The van der Waals surface area contributed by atoms with Crippen LogP contribution in [0.1, 0.15) is 15.9 Å². The molecular formula is C23H23ClN2O5S. The van der Waals surface area contributed by atoms with Crippen molar-refractivity contribution in [2.24, 2.45) is 0 Å². The molecule has 9 heteroatoms. The summed E-state index contributed by atoms with van der Waals surface area (Å²) in [6, 6.07) is 18.0. The van der Waals surface area contributed by atoms with Gasteiger partial charge in [0.25, 0.3) is 15.9 Å². The molecule has 0 bridgehead atoms. The largest absolute Gasteiger partial charge is 0.497 e. The van der Waals surface area contributed by atoms with Crippen molar-refractivity contribution in [2.45, 2.75) is 11.8 Å². The Morgan fingerprint density at radius 3 is 2.41 bits per heavy atom. The molecule has 0 saturated heterocycles. The van der Waals surface area contributed by atoms with Crippen LogP contribution >= 0.6 is 11.6 Å². The van der Waals surface area contributed by atoms with Gasteiger partial charge in [-0.15, -0.1) is 0 Å². The molecule has 0 saturated carbocycles. The molecule has 1 amide bonds. The van der Waals surface area contributed by atoms with Crippen molar-refractivity contribution in [3.05, 3.63) is 82.9 Å². The van der Waals surface area contributed by atoms with E-state index in [0.29, 0.717) is 17.2 Å². The van der Waals surface area contributed by atoms with Gasteiger partial charge in [-0.05, 0) is 67.1 Å². The van der Waals surface area contributed by atoms with Crippen LogP contribution in [-0.2, 0) is 10.0 Å². The van der Waals surface area contributed by atoms with Crippen LogP contribution in [0, 0.1) is 6.92 Å². The topological polar surface area (TPSA) is 93.7 Å². The fourth-order valence-electron chi connectivity index (χ4n) is 2.87. The summed E-state index contributed by atoms with van der Waals surface area (Å²) < 4.78 is 38.7. The zero-order chi connectivity index (χ0) is 23.1. The van der Waals surface area contributed by atoms with Crippen molar-refractivity contribution in [3.63, 3.8) is 0 Å². The molecule has 0 fully saturated rings. The molecule has 0 aliphatic carbocycles. The molecule has 0 unspecified atom stereocenters. The van der Waals surface area contributed by atoms with E-state index in [1.54, 1.807) is 49.6 Å². The van der Waals surface area contributed by atoms with E-state index in [4.69, 9.17) is 21.1 Å². The predicted octanol–water partition coefficient (Wildman–Crippen LogP) is 4.27. The van der Waals surface area contributed by atoms with Gasteiger partial charge in [0.1, 0.15) is 18.1 Å². The number of sulfonamides is 1. The second-order valence-electron chi connectivity index (χ2n) is 6.90. The average molecular weight is 475 g/mol. The van der Waals surface area contributed by atoms with E-state index in [2.05, 4.69) is 10.0 Å². The van der Waals surface area contributed by atoms with Crippen molar-refractivity contribution in [3.8, 4) is 11.5 Å². The van der Waals surface area contributed by atoms with Crippen molar-refractivity contribution in [2.75, 3.05) is 25.0 Å². The molecule has 0 atom stereocenters. The van der Waals surface area contributed by atoms with E-state index in [1.165, 1.54) is 18.2 Å². The van der Waals surface area contributed by atoms with Crippen LogP contribution < -0.4 is 19.5 Å². The van der Waals surface area contributed by atoms with E-state index < -0.39 is 15.9 Å². The first-order valence-corrected chi connectivity index (χ1v) is 11.6. The number of hydrogen-bond acceptors (Lipinski definition) is 5. The van der Waals surface area contributed by atoms with Crippen LogP contribution in [0.4, 0.5) is 5.69 Å². The lowest BCUT2D eigenvalue weighted by Crippen LogP contribution is -2.28. The number of methoxy groups -OCH3 is 1. The van der Waals surface area contributed by atoms with Crippen LogP contribution in [0.3, 0.4) is 0 Å². The molecule has 0 aliphatic rings. The minimum atomic E-state index is -3.89. The molecule has 168 valence electrons. The fourth-order valence-corrected chi connectivity index (χ4v) is 4.15. The SMILES string of the molecule is COc1ccc(OCCNC(=O)c2cc(S(=O)(=O)Nc3cccc(C)c3)ccc2Cl)cc1. The fraction of sp³-hybridized carbons (Fsp3) is 0.174. The highest BCUT2D eigenvalue weighted by Crippen LogP contribution is 2.23. The number of halogens is 1. The highest BCUT2D eigenvalue weighted by molar-refractivity contribution is 7.92. The van der Waals surface area contributed by atoms with Gasteiger partial charge in [0.2, 0.25) is 0 Å². The van der Waals surface area contributed by atoms with Gasteiger partial charge in [-0.1, -0.05) is 23.7 Å². The molecular weight excluding hydrogens is 452 g/mol. The van der Waals surface area contributed by atoms with E-state index in [9.17, 15) is 13.2 Å². The second-order valence-corrected chi connectivity index (χ2v) is 8.99. The summed E-state index contributed by atoms with van der Waals surface area (Å²) in [5, 5.41) is 2.83.